The van der Waals surface area contributed by atoms with Gasteiger partial charge in [0.1, 0.15) is 0 Å². The lowest BCUT2D eigenvalue weighted by atomic mass is 9.49. The number of fused-ring (bicyclic) bond motifs is 4. The highest BCUT2D eigenvalue weighted by Gasteiger charge is 2.71. The summed E-state index contributed by atoms with van der Waals surface area (Å²) >= 11 is 19.3. The Labute approximate surface area is 381 Å². The van der Waals surface area contributed by atoms with Crippen LogP contribution < -0.4 is 15.1 Å². The van der Waals surface area contributed by atoms with E-state index in [1.807, 2.05) is 0 Å². The molecule has 23 heteroatoms. The van der Waals surface area contributed by atoms with Crippen molar-refractivity contribution in [2.45, 2.75) is 42.7 Å². The number of hydrogen-bond donors (Lipinski definition) is 2. The molecule has 2 aliphatic heterocycles. The second kappa shape index (κ2) is 15.6. The largest absolute Gasteiger partial charge is 0.503 e. The van der Waals surface area contributed by atoms with E-state index in [2.05, 4.69) is 42.3 Å². The molecular weight excluding hydrogens is 1050 g/mol. The van der Waals surface area contributed by atoms with Gasteiger partial charge in [-0.15, -0.1) is 0 Å². The second-order valence-corrected chi connectivity index (χ2v) is 17.8. The van der Waals surface area contributed by atoms with Gasteiger partial charge in [0.15, 0.2) is 17.3 Å². The predicted octanol–water partition coefficient (Wildman–Crippen LogP) is 10.9. The highest BCUT2D eigenvalue weighted by Crippen LogP contribution is 2.66. The number of halogens is 13. The third-order valence-corrected chi connectivity index (χ3v) is 14.8. The Morgan fingerprint density at radius 3 is 1.98 bits per heavy atom. The first-order chi connectivity index (χ1) is 29.8. The number of ether oxygens (including phenoxy) is 1. The third-order valence-electron chi connectivity index (χ3n) is 12.1. The first-order valence-corrected chi connectivity index (χ1v) is 20.9. The van der Waals surface area contributed by atoms with Gasteiger partial charge in [0, 0.05) is 21.6 Å². The highest BCUT2D eigenvalue weighted by atomic mass is 79.9. The third kappa shape index (κ3) is 7.11. The van der Waals surface area contributed by atoms with Gasteiger partial charge in [0.25, 0.3) is 11.8 Å². The lowest BCUT2D eigenvalue weighted by Gasteiger charge is -2.51. The van der Waals surface area contributed by atoms with E-state index in [-0.39, 0.29) is 65.9 Å². The molecule has 4 aromatic rings. The fraction of sp³-hybridized carbons (Fsp3) is 0.293. The normalized spacial score (nSPS) is 24.7. The van der Waals surface area contributed by atoms with Crippen LogP contribution in [0.5, 0.6) is 11.5 Å². The Kier molecular flexibility index (Phi) is 11.2. The molecule has 64 heavy (non-hydrogen) atoms. The molecule has 8 rings (SSSR count). The highest BCUT2D eigenvalue weighted by molar-refractivity contribution is 9.13. The molecule has 3 aromatic carbocycles. The summed E-state index contributed by atoms with van der Waals surface area (Å²) in [4.78, 5) is 63.3. The van der Waals surface area contributed by atoms with E-state index in [4.69, 9.17) is 27.9 Å². The second-order valence-electron chi connectivity index (χ2n) is 15.3. The van der Waals surface area contributed by atoms with Crippen molar-refractivity contribution in [3.8, 4) is 11.5 Å². The number of hydrogen-bond acceptors (Lipinski definition) is 8. The number of phenols is 1. The van der Waals surface area contributed by atoms with Crippen LogP contribution in [0.1, 0.15) is 46.6 Å². The van der Waals surface area contributed by atoms with Crippen LogP contribution in [0, 0.1) is 23.7 Å². The molecule has 3 heterocycles. The van der Waals surface area contributed by atoms with Crippen molar-refractivity contribution in [1.29, 1.82) is 0 Å². The molecule has 0 radical (unpaired) electrons. The Morgan fingerprint density at radius 2 is 1.42 bits per heavy atom. The van der Waals surface area contributed by atoms with E-state index in [9.17, 15) is 59.0 Å². The van der Waals surface area contributed by atoms with Crippen molar-refractivity contribution in [3.05, 3.63) is 119 Å². The maximum Gasteiger partial charge on any atom is 0.417 e. The van der Waals surface area contributed by atoms with Crippen molar-refractivity contribution in [2.75, 3.05) is 17.4 Å². The number of carbonyl (C=O) groups excluding carboxylic acids is 4. The van der Waals surface area contributed by atoms with Crippen molar-refractivity contribution in [1.82, 2.24) is 9.99 Å². The van der Waals surface area contributed by atoms with Gasteiger partial charge in [0.05, 0.1) is 62.2 Å². The van der Waals surface area contributed by atoms with Crippen LogP contribution in [0.15, 0.2) is 81.4 Å². The maximum atomic E-state index is 15.5. The summed E-state index contributed by atoms with van der Waals surface area (Å²) in [7, 11) is 1.22. The molecular formula is C41H25Br2Cl2F9N4O6. The monoisotopic (exact) mass is 1070 g/mol. The molecule has 0 bridgehead atoms. The molecule has 2 aliphatic carbocycles. The predicted molar refractivity (Wildman–Crippen MR) is 216 cm³/mol. The lowest BCUT2D eigenvalue weighted by molar-refractivity contribution is -0.143. The molecule has 6 atom stereocenters. The Bertz CT molecular complexity index is 2690. The quantitative estimate of drug-likeness (QED) is 0.111. The van der Waals surface area contributed by atoms with E-state index in [0.717, 1.165) is 0 Å². The molecule has 10 nitrogen and oxygen atoms in total. The zero-order valence-corrected chi connectivity index (χ0v) is 36.6. The summed E-state index contributed by atoms with van der Waals surface area (Å²) in [5.74, 6) is -12.5. The molecule has 1 aromatic heterocycles. The number of nitrogens with zero attached hydrogens (tertiary/aromatic N) is 3. The summed E-state index contributed by atoms with van der Waals surface area (Å²) in [5.41, 5.74) is -4.88. The number of carbonyl (C=O) groups is 4. The molecule has 336 valence electrons. The van der Waals surface area contributed by atoms with Gasteiger partial charge in [-0.2, -0.15) is 44.5 Å². The van der Waals surface area contributed by atoms with E-state index < -0.39 is 123 Å². The number of aromatic hydroxyl groups is 1. The molecule has 4 aliphatic rings. The van der Waals surface area contributed by atoms with Crippen molar-refractivity contribution >= 4 is 90.2 Å². The number of nitrogens with one attached hydrogen (secondary N) is 1. The number of methoxy groups -OCH3 is 1. The Balaban J connectivity index is 1.34. The van der Waals surface area contributed by atoms with E-state index in [1.54, 1.807) is 0 Å². The van der Waals surface area contributed by atoms with Crippen LogP contribution in [0.25, 0.3) is 0 Å². The van der Waals surface area contributed by atoms with Crippen molar-refractivity contribution in [3.63, 3.8) is 0 Å². The fourth-order valence-electron chi connectivity index (χ4n) is 9.43. The SMILES string of the molecule is COc1cc(C2C3=CCC4C(=O)N(c5cc(C(F)(F)F)cc(C(F)(F)F)c5)C(=O)C4C3CC3C(=O)N(Nc4ncc(C(F)(F)F)cc4Cl)C(=O)C32c2ccc(Cl)cc2)c(Br)c(Br)c1O. The van der Waals surface area contributed by atoms with Gasteiger partial charge in [-0.1, -0.05) is 47.0 Å². The maximum absolute atomic E-state index is 15.5. The molecule has 3 fully saturated rings. The van der Waals surface area contributed by atoms with E-state index in [1.165, 1.54) is 43.5 Å². The van der Waals surface area contributed by atoms with E-state index >= 15 is 4.79 Å². The lowest BCUT2D eigenvalue weighted by Crippen LogP contribution is -2.53. The molecule has 4 amide bonds. The first-order valence-electron chi connectivity index (χ1n) is 18.6. The van der Waals surface area contributed by atoms with Crippen LogP contribution in [-0.4, -0.2) is 45.8 Å². The number of alkyl halides is 9. The zero-order valence-electron chi connectivity index (χ0n) is 31.9. The summed E-state index contributed by atoms with van der Waals surface area (Å²) in [5, 5.41) is 11.1. The summed E-state index contributed by atoms with van der Waals surface area (Å²) in [6.07, 6.45) is -14.4. The minimum absolute atomic E-state index is 0.00290. The van der Waals surface area contributed by atoms with Crippen LogP contribution in [0.2, 0.25) is 10.0 Å². The number of imide groups is 2. The van der Waals surface area contributed by atoms with Gasteiger partial charge in [0.2, 0.25) is 11.8 Å². The number of rotatable bonds is 6. The average Bonchev–Trinajstić information content (AvgIpc) is 3.60. The minimum atomic E-state index is -5.33. The smallest absolute Gasteiger partial charge is 0.417 e. The molecule has 2 saturated heterocycles. The van der Waals surface area contributed by atoms with Crippen LogP contribution in [0.4, 0.5) is 51.0 Å². The van der Waals surface area contributed by atoms with Gasteiger partial charge in [-0.05, 0) is 104 Å². The fourth-order valence-corrected chi connectivity index (χ4v) is 10.7. The van der Waals surface area contributed by atoms with E-state index in [0.29, 0.717) is 17.3 Å². The van der Waals surface area contributed by atoms with Gasteiger partial charge >= 0.3 is 18.5 Å². The number of phenolic OH excluding ortho intramolecular Hbond substituents is 1. The summed E-state index contributed by atoms with van der Waals surface area (Å²) in [6.45, 7) is 0. The first kappa shape index (κ1) is 45.7. The number of anilines is 2. The number of benzene rings is 3. The number of hydrazine groups is 1. The summed E-state index contributed by atoms with van der Waals surface area (Å²) < 4.78 is 130. The minimum Gasteiger partial charge on any atom is -0.503 e. The summed E-state index contributed by atoms with van der Waals surface area (Å²) in [6, 6.07) is 7.96. The van der Waals surface area contributed by atoms with Crippen LogP contribution >= 0.6 is 55.1 Å². The van der Waals surface area contributed by atoms with Gasteiger partial charge < -0.3 is 9.84 Å². The topological polar surface area (TPSA) is 129 Å². The Hall–Kier alpha value is -4.86. The number of amides is 4. The van der Waals surface area contributed by atoms with Crippen molar-refractivity contribution in [2.24, 2.45) is 23.7 Å². The van der Waals surface area contributed by atoms with Crippen molar-refractivity contribution < 1.29 is 68.5 Å². The number of pyridine rings is 1. The standard InChI is InChI=1S/C41H25Br2Cl2F9N4O6/c1-64-27-13-24(30(42)31(43)32(27)59)29-21-6-7-22-28(36(62)57(34(22)60)20-9-16(39(46,47)48)8-17(10-20)40(49,50)51)23(21)12-25-35(61)58(37(63)38(25,29)15-2-4-19(44)5-3-15)56-33-26(45)11-18(14-55-33)41(52,53)54/h2-6,8-11,13-14,22-23,25,28-29,59H,7,12H2,1H3,(H,55,56). The van der Waals surface area contributed by atoms with Gasteiger partial charge in [-0.3, -0.25) is 24.6 Å². The van der Waals surface area contributed by atoms with Crippen LogP contribution in [-0.2, 0) is 43.1 Å². The number of aromatic nitrogens is 1. The number of allylic oxidation sites excluding steroid dienone is 2. The molecule has 0 spiro atoms. The average molecular weight is 1070 g/mol. The molecule has 2 N–H and O–H groups in total. The molecule has 1 saturated carbocycles. The molecule has 6 unspecified atom stereocenters. The van der Waals surface area contributed by atoms with Gasteiger partial charge in [-0.25, -0.2) is 9.88 Å². The Morgan fingerprint density at radius 1 is 0.812 bits per heavy atom. The van der Waals surface area contributed by atoms with Crippen LogP contribution in [0.3, 0.4) is 0 Å². The zero-order chi connectivity index (χ0) is 46.7.